The monoisotopic (exact) mass is 256 g/mol. The Labute approximate surface area is 109 Å². The van der Waals surface area contributed by atoms with Crippen LogP contribution < -0.4 is 0 Å². The number of carboxylic acid groups (broad SMARTS) is 1. The third kappa shape index (κ3) is 2.93. The molecule has 0 saturated heterocycles. The third-order valence-electron chi connectivity index (χ3n) is 2.63. The van der Waals surface area contributed by atoms with Crippen molar-refractivity contribution in [1.82, 2.24) is 0 Å². The summed E-state index contributed by atoms with van der Waals surface area (Å²) >= 11 is 0. The second kappa shape index (κ2) is 5.27. The first-order chi connectivity index (χ1) is 9.08. The molecule has 2 rings (SSSR count). The van der Waals surface area contributed by atoms with Gasteiger partial charge >= 0.3 is 5.97 Å². The van der Waals surface area contributed by atoms with Crippen LogP contribution in [0, 0.1) is 0 Å². The molecule has 2 aromatic carbocycles. The van der Waals surface area contributed by atoms with E-state index >= 15 is 0 Å². The Morgan fingerprint density at radius 3 is 2.21 bits per heavy atom. The molecule has 19 heavy (non-hydrogen) atoms. The molecule has 0 amide bonds. The molecule has 0 aromatic heterocycles. The molecule has 0 spiro atoms. The minimum atomic E-state index is -1.06. The molecule has 0 fully saturated rings. The molecule has 0 atom stereocenters. The van der Waals surface area contributed by atoms with Gasteiger partial charge in [-0.15, -0.1) is 0 Å². The highest BCUT2D eigenvalue weighted by Crippen LogP contribution is 2.27. The Bertz CT molecular complexity index is 630. The van der Waals surface area contributed by atoms with Crippen LogP contribution in [0.4, 0.5) is 0 Å². The number of phenols is 2. The van der Waals surface area contributed by atoms with Gasteiger partial charge in [-0.3, -0.25) is 0 Å². The highest BCUT2D eigenvalue weighted by molar-refractivity contribution is 6.20. The van der Waals surface area contributed by atoms with Gasteiger partial charge < -0.3 is 15.3 Å². The van der Waals surface area contributed by atoms with E-state index < -0.39 is 5.97 Å². The summed E-state index contributed by atoms with van der Waals surface area (Å²) < 4.78 is 0. The molecule has 0 saturated carbocycles. The molecule has 96 valence electrons. The highest BCUT2D eigenvalue weighted by Gasteiger charge is 2.10. The zero-order valence-corrected chi connectivity index (χ0v) is 9.95. The molecular formula is C15H12O4. The summed E-state index contributed by atoms with van der Waals surface area (Å²) in [6, 6.07) is 12.8. The first-order valence-corrected chi connectivity index (χ1v) is 5.60. The molecule has 0 heterocycles. The van der Waals surface area contributed by atoms with Crippen molar-refractivity contribution in [3.8, 4) is 11.5 Å². The van der Waals surface area contributed by atoms with E-state index in [9.17, 15) is 20.1 Å². The number of benzene rings is 2. The molecule has 0 radical (unpaired) electrons. The Morgan fingerprint density at radius 1 is 0.947 bits per heavy atom. The summed E-state index contributed by atoms with van der Waals surface area (Å²) in [7, 11) is 0. The van der Waals surface area contributed by atoms with E-state index in [0.29, 0.717) is 11.1 Å². The van der Waals surface area contributed by atoms with E-state index in [1.807, 2.05) is 0 Å². The number of rotatable bonds is 3. The fourth-order valence-electron chi connectivity index (χ4n) is 1.68. The van der Waals surface area contributed by atoms with Crippen LogP contribution in [0.15, 0.2) is 48.5 Å². The molecular weight excluding hydrogens is 244 g/mol. The van der Waals surface area contributed by atoms with Crippen molar-refractivity contribution >= 4 is 17.6 Å². The van der Waals surface area contributed by atoms with Crippen molar-refractivity contribution in [1.29, 1.82) is 0 Å². The maximum Gasteiger partial charge on any atom is 0.336 e. The van der Waals surface area contributed by atoms with Crippen molar-refractivity contribution in [2.75, 3.05) is 0 Å². The van der Waals surface area contributed by atoms with Gasteiger partial charge in [0.1, 0.15) is 0 Å². The SMILES string of the molecule is O=C(O)/C(=C\c1ccc(O)c(O)c1)c1ccccc1. The maximum absolute atomic E-state index is 11.3. The van der Waals surface area contributed by atoms with E-state index in [1.54, 1.807) is 30.3 Å². The zero-order chi connectivity index (χ0) is 13.8. The van der Waals surface area contributed by atoms with Gasteiger partial charge in [0.2, 0.25) is 0 Å². The molecule has 0 unspecified atom stereocenters. The third-order valence-corrected chi connectivity index (χ3v) is 2.63. The number of aromatic hydroxyl groups is 2. The topological polar surface area (TPSA) is 77.8 Å². The van der Waals surface area contributed by atoms with E-state index in [1.165, 1.54) is 24.3 Å². The van der Waals surface area contributed by atoms with Crippen LogP contribution >= 0.6 is 0 Å². The first kappa shape index (κ1) is 12.7. The van der Waals surface area contributed by atoms with Crippen LogP contribution in [0.1, 0.15) is 11.1 Å². The van der Waals surface area contributed by atoms with Crippen LogP contribution in [0.2, 0.25) is 0 Å². The molecule has 3 N–H and O–H groups in total. The van der Waals surface area contributed by atoms with E-state index in [-0.39, 0.29) is 17.1 Å². The number of phenolic OH excluding ortho intramolecular Hbond substituents is 2. The van der Waals surface area contributed by atoms with E-state index in [4.69, 9.17) is 0 Å². The fraction of sp³-hybridized carbons (Fsp3) is 0. The summed E-state index contributed by atoms with van der Waals surface area (Å²) in [6.07, 6.45) is 1.44. The average Bonchev–Trinajstić information content (AvgIpc) is 2.40. The Balaban J connectivity index is 2.47. The van der Waals surface area contributed by atoms with Gasteiger partial charge in [-0.05, 0) is 29.3 Å². The summed E-state index contributed by atoms with van der Waals surface area (Å²) in [5.74, 6) is -1.58. The summed E-state index contributed by atoms with van der Waals surface area (Å²) in [4.78, 5) is 11.3. The van der Waals surface area contributed by atoms with Crippen LogP contribution in [0.5, 0.6) is 11.5 Å². The van der Waals surface area contributed by atoms with Crippen molar-refractivity contribution in [3.63, 3.8) is 0 Å². The standard InChI is InChI=1S/C15H12O4/c16-13-7-6-10(9-14(13)17)8-12(15(18)19)11-4-2-1-3-5-11/h1-9,16-17H,(H,18,19)/b12-8-. The lowest BCUT2D eigenvalue weighted by Gasteiger charge is -2.04. The molecule has 2 aromatic rings. The largest absolute Gasteiger partial charge is 0.504 e. The van der Waals surface area contributed by atoms with Crippen molar-refractivity contribution in [3.05, 3.63) is 59.7 Å². The Kier molecular flexibility index (Phi) is 3.52. The summed E-state index contributed by atoms with van der Waals surface area (Å²) in [5.41, 5.74) is 1.19. The quantitative estimate of drug-likeness (QED) is 0.448. The molecule has 4 heteroatoms. The van der Waals surface area contributed by atoms with Gasteiger partial charge in [0.05, 0.1) is 5.57 Å². The average molecular weight is 256 g/mol. The molecule has 4 nitrogen and oxygen atoms in total. The van der Waals surface area contributed by atoms with Crippen molar-refractivity contribution in [2.24, 2.45) is 0 Å². The molecule has 0 bridgehead atoms. The maximum atomic E-state index is 11.3. The highest BCUT2D eigenvalue weighted by atomic mass is 16.4. The van der Waals surface area contributed by atoms with Gasteiger partial charge in [-0.2, -0.15) is 0 Å². The van der Waals surface area contributed by atoms with Gasteiger partial charge in [0.15, 0.2) is 11.5 Å². The van der Waals surface area contributed by atoms with Gasteiger partial charge in [-0.1, -0.05) is 36.4 Å². The van der Waals surface area contributed by atoms with Crippen LogP contribution in [-0.4, -0.2) is 21.3 Å². The second-order valence-electron chi connectivity index (χ2n) is 3.98. The minimum absolute atomic E-state index is 0.116. The molecule has 0 aliphatic heterocycles. The summed E-state index contributed by atoms with van der Waals surface area (Å²) in [6.45, 7) is 0. The van der Waals surface area contributed by atoms with Gasteiger partial charge in [0, 0.05) is 0 Å². The number of hydrogen-bond donors (Lipinski definition) is 3. The summed E-state index contributed by atoms with van der Waals surface area (Å²) in [5, 5.41) is 27.8. The number of carbonyl (C=O) groups is 1. The zero-order valence-electron chi connectivity index (χ0n) is 9.95. The van der Waals surface area contributed by atoms with Gasteiger partial charge in [-0.25, -0.2) is 4.79 Å². The van der Waals surface area contributed by atoms with E-state index in [0.717, 1.165) is 0 Å². The number of aliphatic carboxylic acids is 1. The van der Waals surface area contributed by atoms with Crippen LogP contribution in [0.25, 0.3) is 11.6 Å². The van der Waals surface area contributed by atoms with Crippen molar-refractivity contribution in [2.45, 2.75) is 0 Å². The lowest BCUT2D eigenvalue weighted by atomic mass is 10.0. The van der Waals surface area contributed by atoms with E-state index in [2.05, 4.69) is 0 Å². The lowest BCUT2D eigenvalue weighted by Crippen LogP contribution is -1.99. The smallest absolute Gasteiger partial charge is 0.336 e. The molecule has 0 aliphatic rings. The number of carboxylic acids is 1. The minimum Gasteiger partial charge on any atom is -0.504 e. The van der Waals surface area contributed by atoms with Crippen molar-refractivity contribution < 1.29 is 20.1 Å². The predicted octanol–water partition coefficient (Wildman–Crippen LogP) is 2.72. The Hall–Kier alpha value is -2.75. The first-order valence-electron chi connectivity index (χ1n) is 5.60. The number of hydrogen-bond acceptors (Lipinski definition) is 3. The lowest BCUT2D eigenvalue weighted by molar-refractivity contribution is -0.130. The second-order valence-corrected chi connectivity index (χ2v) is 3.98. The molecule has 0 aliphatic carbocycles. The Morgan fingerprint density at radius 2 is 1.63 bits per heavy atom. The van der Waals surface area contributed by atoms with Crippen LogP contribution in [0.3, 0.4) is 0 Å². The fourth-order valence-corrected chi connectivity index (χ4v) is 1.68. The van der Waals surface area contributed by atoms with Crippen LogP contribution in [-0.2, 0) is 4.79 Å². The van der Waals surface area contributed by atoms with Gasteiger partial charge in [0.25, 0.3) is 0 Å². The normalized spacial score (nSPS) is 11.3. The predicted molar refractivity (Wildman–Crippen MR) is 71.7 cm³/mol.